The van der Waals surface area contributed by atoms with Gasteiger partial charge in [0.05, 0.1) is 20.3 Å². The lowest BCUT2D eigenvalue weighted by Crippen LogP contribution is -2.06. The number of benzene rings is 2. The highest BCUT2D eigenvalue weighted by Gasteiger charge is 2.05. The SMILES string of the molecule is COc1ccc(CBr)c(OCCCOc2ccccc2)c1. The van der Waals surface area contributed by atoms with Crippen LogP contribution in [0.25, 0.3) is 0 Å². The van der Waals surface area contributed by atoms with Crippen LogP contribution in [-0.4, -0.2) is 20.3 Å². The summed E-state index contributed by atoms with van der Waals surface area (Å²) >= 11 is 3.46. The molecule has 112 valence electrons. The lowest BCUT2D eigenvalue weighted by Gasteiger charge is -2.12. The van der Waals surface area contributed by atoms with Crippen molar-refractivity contribution < 1.29 is 14.2 Å². The molecule has 4 heteroatoms. The molecule has 0 saturated carbocycles. The van der Waals surface area contributed by atoms with Gasteiger partial charge in [-0.05, 0) is 18.2 Å². The molecule has 0 aromatic heterocycles. The molecular weight excluding hydrogens is 332 g/mol. The second-order valence-electron chi connectivity index (χ2n) is 4.47. The molecule has 0 aliphatic heterocycles. The fraction of sp³-hybridized carbons (Fsp3) is 0.294. The molecule has 2 aromatic rings. The van der Waals surface area contributed by atoms with Crippen molar-refractivity contribution in [3.63, 3.8) is 0 Å². The van der Waals surface area contributed by atoms with Crippen molar-refractivity contribution >= 4 is 15.9 Å². The van der Waals surface area contributed by atoms with Gasteiger partial charge in [0, 0.05) is 23.4 Å². The molecule has 0 bridgehead atoms. The Morgan fingerprint density at radius 1 is 0.905 bits per heavy atom. The van der Waals surface area contributed by atoms with Crippen LogP contribution < -0.4 is 14.2 Å². The van der Waals surface area contributed by atoms with E-state index in [1.807, 2.05) is 48.5 Å². The maximum atomic E-state index is 5.82. The summed E-state index contributed by atoms with van der Waals surface area (Å²) in [5, 5.41) is 0.757. The van der Waals surface area contributed by atoms with E-state index < -0.39 is 0 Å². The third-order valence-electron chi connectivity index (χ3n) is 2.98. The number of methoxy groups -OCH3 is 1. The standard InChI is InChI=1S/C17H19BrO3/c1-19-16-9-8-14(13-18)17(12-16)21-11-5-10-20-15-6-3-2-4-7-15/h2-4,6-9,12H,5,10-11,13H2,1H3. The van der Waals surface area contributed by atoms with Gasteiger partial charge in [0.25, 0.3) is 0 Å². The average molecular weight is 351 g/mol. The average Bonchev–Trinajstić information content (AvgIpc) is 2.55. The lowest BCUT2D eigenvalue weighted by atomic mass is 10.2. The first-order valence-corrected chi connectivity index (χ1v) is 7.99. The molecular formula is C17H19BrO3. The van der Waals surface area contributed by atoms with E-state index >= 15 is 0 Å². The van der Waals surface area contributed by atoms with E-state index in [9.17, 15) is 0 Å². The van der Waals surface area contributed by atoms with Crippen molar-refractivity contribution in [3.8, 4) is 17.2 Å². The molecule has 0 amide bonds. The summed E-state index contributed by atoms with van der Waals surface area (Å²) in [6.45, 7) is 1.25. The molecule has 0 aliphatic rings. The molecule has 0 unspecified atom stereocenters. The van der Waals surface area contributed by atoms with Gasteiger partial charge in [-0.3, -0.25) is 0 Å². The van der Waals surface area contributed by atoms with Crippen LogP contribution in [-0.2, 0) is 5.33 Å². The molecule has 2 aromatic carbocycles. The van der Waals surface area contributed by atoms with E-state index in [1.165, 1.54) is 0 Å². The smallest absolute Gasteiger partial charge is 0.127 e. The monoisotopic (exact) mass is 350 g/mol. The minimum Gasteiger partial charge on any atom is -0.497 e. The third-order valence-corrected chi connectivity index (χ3v) is 3.58. The highest BCUT2D eigenvalue weighted by atomic mass is 79.9. The largest absolute Gasteiger partial charge is 0.497 e. The van der Waals surface area contributed by atoms with Crippen molar-refractivity contribution in [1.82, 2.24) is 0 Å². The molecule has 0 aliphatic carbocycles. The van der Waals surface area contributed by atoms with Gasteiger partial charge >= 0.3 is 0 Å². The maximum Gasteiger partial charge on any atom is 0.127 e. The number of ether oxygens (including phenoxy) is 3. The Labute approximate surface area is 134 Å². The van der Waals surface area contributed by atoms with Gasteiger partial charge in [-0.25, -0.2) is 0 Å². The van der Waals surface area contributed by atoms with Gasteiger partial charge < -0.3 is 14.2 Å². The van der Waals surface area contributed by atoms with Crippen LogP contribution in [0.4, 0.5) is 0 Å². The quantitative estimate of drug-likeness (QED) is 0.520. The van der Waals surface area contributed by atoms with Crippen LogP contribution in [0, 0.1) is 0 Å². The zero-order valence-corrected chi connectivity index (χ0v) is 13.6. The number of halogens is 1. The molecule has 0 spiro atoms. The zero-order valence-electron chi connectivity index (χ0n) is 12.0. The Hall–Kier alpha value is -1.68. The molecule has 0 N–H and O–H groups in total. The molecule has 0 fully saturated rings. The van der Waals surface area contributed by atoms with Gasteiger partial charge in [0.15, 0.2) is 0 Å². The van der Waals surface area contributed by atoms with Gasteiger partial charge in [0.2, 0.25) is 0 Å². The third kappa shape index (κ3) is 4.97. The second-order valence-corrected chi connectivity index (χ2v) is 5.03. The van der Waals surface area contributed by atoms with Crippen LogP contribution >= 0.6 is 15.9 Å². The van der Waals surface area contributed by atoms with Crippen LogP contribution in [0.3, 0.4) is 0 Å². The first kappa shape index (κ1) is 15.7. The van der Waals surface area contributed by atoms with Crippen molar-refractivity contribution in [2.75, 3.05) is 20.3 Å². The number of rotatable bonds is 8. The van der Waals surface area contributed by atoms with Gasteiger partial charge in [-0.15, -0.1) is 0 Å². The summed E-state index contributed by atoms with van der Waals surface area (Å²) < 4.78 is 16.7. The normalized spacial score (nSPS) is 10.2. The Kier molecular flexibility index (Phi) is 6.41. The summed E-state index contributed by atoms with van der Waals surface area (Å²) in [6, 6.07) is 15.6. The van der Waals surface area contributed by atoms with Crippen molar-refractivity contribution in [3.05, 3.63) is 54.1 Å². The Morgan fingerprint density at radius 3 is 2.38 bits per heavy atom. The van der Waals surface area contributed by atoms with E-state index in [2.05, 4.69) is 15.9 Å². The zero-order chi connectivity index (χ0) is 14.9. The molecule has 3 nitrogen and oxygen atoms in total. The number of hydrogen-bond donors (Lipinski definition) is 0. The van der Waals surface area contributed by atoms with Gasteiger partial charge in [-0.2, -0.15) is 0 Å². The summed E-state index contributed by atoms with van der Waals surface area (Å²) in [5.74, 6) is 2.54. The number of hydrogen-bond acceptors (Lipinski definition) is 3. The fourth-order valence-electron chi connectivity index (χ4n) is 1.85. The number of para-hydroxylation sites is 1. The van der Waals surface area contributed by atoms with Gasteiger partial charge in [-0.1, -0.05) is 40.2 Å². The van der Waals surface area contributed by atoms with Gasteiger partial charge in [0.1, 0.15) is 17.2 Å². The highest BCUT2D eigenvalue weighted by molar-refractivity contribution is 9.08. The van der Waals surface area contributed by atoms with E-state index in [-0.39, 0.29) is 0 Å². The Morgan fingerprint density at radius 2 is 1.67 bits per heavy atom. The first-order valence-electron chi connectivity index (χ1n) is 6.87. The minimum atomic E-state index is 0.611. The Bertz CT molecular complexity index is 543. The van der Waals surface area contributed by atoms with Crippen molar-refractivity contribution in [2.45, 2.75) is 11.8 Å². The van der Waals surface area contributed by atoms with E-state index in [4.69, 9.17) is 14.2 Å². The summed E-state index contributed by atoms with van der Waals surface area (Å²) in [5.41, 5.74) is 1.11. The lowest BCUT2D eigenvalue weighted by molar-refractivity contribution is 0.246. The topological polar surface area (TPSA) is 27.7 Å². The predicted octanol–water partition coefficient (Wildman–Crippen LogP) is 4.44. The molecule has 0 atom stereocenters. The summed E-state index contributed by atoms with van der Waals surface area (Å²) in [4.78, 5) is 0. The fourth-order valence-corrected chi connectivity index (χ4v) is 2.32. The molecule has 0 radical (unpaired) electrons. The van der Waals surface area contributed by atoms with E-state index in [1.54, 1.807) is 7.11 Å². The Balaban J connectivity index is 1.78. The predicted molar refractivity (Wildman–Crippen MR) is 87.7 cm³/mol. The van der Waals surface area contributed by atoms with E-state index in [0.29, 0.717) is 13.2 Å². The summed E-state index contributed by atoms with van der Waals surface area (Å²) in [7, 11) is 1.65. The number of alkyl halides is 1. The van der Waals surface area contributed by atoms with Crippen molar-refractivity contribution in [1.29, 1.82) is 0 Å². The summed E-state index contributed by atoms with van der Waals surface area (Å²) in [6.07, 6.45) is 0.827. The molecule has 0 heterocycles. The van der Waals surface area contributed by atoms with Crippen molar-refractivity contribution in [2.24, 2.45) is 0 Å². The van der Waals surface area contributed by atoms with Crippen LogP contribution in [0.2, 0.25) is 0 Å². The second kappa shape index (κ2) is 8.57. The highest BCUT2D eigenvalue weighted by Crippen LogP contribution is 2.26. The molecule has 2 rings (SSSR count). The molecule has 21 heavy (non-hydrogen) atoms. The first-order chi connectivity index (χ1) is 10.3. The van der Waals surface area contributed by atoms with Crippen LogP contribution in [0.5, 0.6) is 17.2 Å². The maximum absolute atomic E-state index is 5.82. The van der Waals surface area contributed by atoms with E-state index in [0.717, 1.165) is 34.6 Å². The molecule has 0 saturated heterocycles. The van der Waals surface area contributed by atoms with Crippen LogP contribution in [0.15, 0.2) is 48.5 Å². The minimum absolute atomic E-state index is 0.611. The van der Waals surface area contributed by atoms with Crippen LogP contribution in [0.1, 0.15) is 12.0 Å².